The van der Waals surface area contributed by atoms with Crippen LogP contribution in [0.5, 0.6) is 5.75 Å². The van der Waals surface area contributed by atoms with Gasteiger partial charge in [-0.05, 0) is 47.2 Å². The van der Waals surface area contributed by atoms with Crippen molar-refractivity contribution in [2.75, 3.05) is 20.3 Å². The summed E-state index contributed by atoms with van der Waals surface area (Å²) in [5, 5.41) is 3.69. The van der Waals surface area contributed by atoms with Gasteiger partial charge in [0.1, 0.15) is 5.75 Å². The minimum Gasteiger partial charge on any atom is -0.497 e. The molecule has 26 heavy (non-hydrogen) atoms. The molecule has 0 fully saturated rings. The Hall–Kier alpha value is -2.10. The normalized spacial score (nSPS) is 23.7. The summed E-state index contributed by atoms with van der Waals surface area (Å²) in [5.74, 6) is 1.32. The molecule has 3 heteroatoms. The molecule has 2 heterocycles. The molecule has 3 nitrogen and oxygen atoms in total. The van der Waals surface area contributed by atoms with E-state index >= 15 is 0 Å². The summed E-state index contributed by atoms with van der Waals surface area (Å²) in [5.41, 5.74) is 5.51. The van der Waals surface area contributed by atoms with E-state index in [1.54, 1.807) is 7.11 Å². The van der Waals surface area contributed by atoms with E-state index in [9.17, 15) is 0 Å². The number of fused-ring (bicyclic) bond motifs is 1. The van der Waals surface area contributed by atoms with Crippen LogP contribution >= 0.6 is 0 Å². The van der Waals surface area contributed by atoms with E-state index in [-0.39, 0.29) is 6.10 Å². The lowest BCUT2D eigenvalue weighted by Gasteiger charge is -2.37. The zero-order valence-electron chi connectivity index (χ0n) is 15.6. The highest BCUT2D eigenvalue weighted by atomic mass is 16.5. The number of nitrogens with one attached hydrogen (secondary N) is 1. The average Bonchev–Trinajstić information content (AvgIpc) is 2.73. The fraction of sp³-hybridized carbons (Fsp3) is 0.391. The molecule has 136 valence electrons. The standard InChI is InChI=1S/C23H27NO2/c1-16(23-21-6-4-3-5-18(21)12-14-26-23)22-15-19(11-13-24-22)17-7-9-20(25-2)10-8-17/h3-11,16,22-24H,12-15H2,1-2H3. The Balaban J connectivity index is 1.51. The van der Waals surface area contributed by atoms with Crippen molar-refractivity contribution in [3.8, 4) is 5.75 Å². The van der Waals surface area contributed by atoms with Crippen molar-refractivity contribution in [3.63, 3.8) is 0 Å². The second kappa shape index (κ2) is 7.65. The molecule has 4 rings (SSSR count). The molecule has 3 unspecified atom stereocenters. The van der Waals surface area contributed by atoms with Gasteiger partial charge in [0.05, 0.1) is 19.8 Å². The summed E-state index contributed by atoms with van der Waals surface area (Å²) < 4.78 is 11.5. The smallest absolute Gasteiger partial charge is 0.118 e. The minimum atomic E-state index is 0.174. The van der Waals surface area contributed by atoms with Gasteiger partial charge in [-0.1, -0.05) is 49.4 Å². The number of ether oxygens (including phenoxy) is 2. The van der Waals surface area contributed by atoms with Crippen molar-refractivity contribution < 1.29 is 9.47 Å². The molecule has 0 amide bonds. The SMILES string of the molecule is COc1ccc(C2=CCNC(C(C)C3OCCc4ccccc43)C2)cc1. The van der Waals surface area contributed by atoms with Crippen molar-refractivity contribution in [2.45, 2.75) is 31.9 Å². The molecule has 0 radical (unpaired) electrons. The predicted molar refractivity (Wildman–Crippen MR) is 105 cm³/mol. The molecule has 2 aromatic rings. The van der Waals surface area contributed by atoms with Gasteiger partial charge < -0.3 is 14.8 Å². The number of benzene rings is 2. The quantitative estimate of drug-likeness (QED) is 0.888. The highest BCUT2D eigenvalue weighted by Crippen LogP contribution is 2.37. The van der Waals surface area contributed by atoms with E-state index in [1.807, 2.05) is 12.1 Å². The van der Waals surface area contributed by atoms with Crippen LogP contribution in [-0.4, -0.2) is 26.3 Å². The van der Waals surface area contributed by atoms with Gasteiger partial charge in [0.2, 0.25) is 0 Å². The molecule has 0 saturated heterocycles. The summed E-state index contributed by atoms with van der Waals surface area (Å²) in [6.45, 7) is 4.05. The van der Waals surface area contributed by atoms with Crippen LogP contribution in [0.1, 0.15) is 36.1 Å². The van der Waals surface area contributed by atoms with Crippen molar-refractivity contribution in [1.82, 2.24) is 5.32 Å². The van der Waals surface area contributed by atoms with Crippen molar-refractivity contribution in [2.24, 2.45) is 5.92 Å². The topological polar surface area (TPSA) is 30.5 Å². The number of methoxy groups -OCH3 is 1. The Kier molecular flexibility index (Phi) is 5.09. The van der Waals surface area contributed by atoms with Gasteiger partial charge in [-0.15, -0.1) is 0 Å². The summed E-state index contributed by atoms with van der Waals surface area (Å²) >= 11 is 0. The maximum absolute atomic E-state index is 6.21. The van der Waals surface area contributed by atoms with E-state index in [0.717, 1.165) is 31.7 Å². The van der Waals surface area contributed by atoms with Crippen LogP contribution in [-0.2, 0) is 11.2 Å². The van der Waals surface area contributed by atoms with Gasteiger partial charge in [-0.3, -0.25) is 0 Å². The summed E-state index contributed by atoms with van der Waals surface area (Å²) in [4.78, 5) is 0. The molecule has 0 aliphatic carbocycles. The lowest BCUT2D eigenvalue weighted by molar-refractivity contribution is -0.00458. The average molecular weight is 349 g/mol. The van der Waals surface area contributed by atoms with E-state index in [2.05, 4.69) is 54.7 Å². The lowest BCUT2D eigenvalue weighted by atomic mass is 9.82. The highest BCUT2D eigenvalue weighted by Gasteiger charge is 2.32. The first kappa shape index (κ1) is 17.3. The van der Waals surface area contributed by atoms with Gasteiger partial charge in [-0.25, -0.2) is 0 Å². The minimum absolute atomic E-state index is 0.174. The Morgan fingerprint density at radius 2 is 1.92 bits per heavy atom. The Morgan fingerprint density at radius 1 is 1.12 bits per heavy atom. The van der Waals surface area contributed by atoms with E-state index < -0.39 is 0 Å². The first-order valence-corrected chi connectivity index (χ1v) is 9.52. The van der Waals surface area contributed by atoms with Crippen LogP contribution < -0.4 is 10.1 Å². The lowest BCUT2D eigenvalue weighted by Crippen LogP contribution is -2.41. The third-order valence-corrected chi connectivity index (χ3v) is 5.77. The molecular formula is C23H27NO2. The number of hydrogen-bond donors (Lipinski definition) is 1. The highest BCUT2D eigenvalue weighted by molar-refractivity contribution is 5.67. The van der Waals surface area contributed by atoms with E-state index in [4.69, 9.17) is 9.47 Å². The molecule has 0 bridgehead atoms. The monoisotopic (exact) mass is 349 g/mol. The first-order chi connectivity index (χ1) is 12.8. The first-order valence-electron chi connectivity index (χ1n) is 9.52. The van der Waals surface area contributed by atoms with Crippen LogP contribution in [0.25, 0.3) is 5.57 Å². The maximum Gasteiger partial charge on any atom is 0.118 e. The zero-order valence-corrected chi connectivity index (χ0v) is 15.6. The second-order valence-corrected chi connectivity index (χ2v) is 7.28. The van der Waals surface area contributed by atoms with Gasteiger partial charge in [0.25, 0.3) is 0 Å². The molecule has 2 aliphatic heterocycles. The maximum atomic E-state index is 6.21. The molecule has 0 spiro atoms. The summed E-state index contributed by atoms with van der Waals surface area (Å²) in [6.07, 6.45) is 4.53. The second-order valence-electron chi connectivity index (χ2n) is 7.28. The van der Waals surface area contributed by atoms with Gasteiger partial charge in [-0.2, -0.15) is 0 Å². The molecule has 2 aliphatic rings. The third kappa shape index (κ3) is 3.42. The van der Waals surface area contributed by atoms with Gasteiger partial charge in [0.15, 0.2) is 0 Å². The van der Waals surface area contributed by atoms with Crippen molar-refractivity contribution >= 4 is 5.57 Å². The number of rotatable bonds is 4. The van der Waals surface area contributed by atoms with E-state index in [0.29, 0.717) is 12.0 Å². The zero-order chi connectivity index (χ0) is 17.9. The molecule has 0 saturated carbocycles. The van der Waals surface area contributed by atoms with Crippen LogP contribution in [0.3, 0.4) is 0 Å². The Labute approximate surface area is 156 Å². The Bertz CT molecular complexity index is 781. The largest absolute Gasteiger partial charge is 0.497 e. The van der Waals surface area contributed by atoms with Gasteiger partial charge >= 0.3 is 0 Å². The van der Waals surface area contributed by atoms with Crippen molar-refractivity contribution in [1.29, 1.82) is 0 Å². The molecule has 0 aromatic heterocycles. The summed E-state index contributed by atoms with van der Waals surface area (Å²) in [7, 11) is 1.71. The molecule has 2 aromatic carbocycles. The van der Waals surface area contributed by atoms with Crippen LogP contribution in [0.2, 0.25) is 0 Å². The fourth-order valence-electron chi connectivity index (χ4n) is 4.21. The van der Waals surface area contributed by atoms with Crippen molar-refractivity contribution in [3.05, 3.63) is 71.3 Å². The third-order valence-electron chi connectivity index (χ3n) is 5.77. The fourth-order valence-corrected chi connectivity index (χ4v) is 4.21. The Morgan fingerprint density at radius 3 is 2.73 bits per heavy atom. The summed E-state index contributed by atoms with van der Waals surface area (Å²) in [6, 6.07) is 17.5. The predicted octanol–water partition coefficient (Wildman–Crippen LogP) is 4.39. The molecular weight excluding hydrogens is 322 g/mol. The molecule has 1 N–H and O–H groups in total. The molecule has 3 atom stereocenters. The van der Waals surface area contributed by atoms with E-state index in [1.165, 1.54) is 22.3 Å². The van der Waals surface area contributed by atoms with Crippen LogP contribution in [0.4, 0.5) is 0 Å². The number of hydrogen-bond acceptors (Lipinski definition) is 3. The van der Waals surface area contributed by atoms with Crippen LogP contribution in [0.15, 0.2) is 54.6 Å². The van der Waals surface area contributed by atoms with Crippen LogP contribution in [0, 0.1) is 5.92 Å². The van der Waals surface area contributed by atoms with Gasteiger partial charge in [0, 0.05) is 18.5 Å².